The Bertz CT molecular complexity index is 1320. The monoisotopic (exact) mass is 467 g/mol. The number of aromatic nitrogens is 4. The number of rotatable bonds is 6. The zero-order valence-electron chi connectivity index (χ0n) is 19.0. The summed E-state index contributed by atoms with van der Waals surface area (Å²) in [6, 6.07) is 16.1. The van der Waals surface area contributed by atoms with Crippen molar-refractivity contribution in [3.8, 4) is 0 Å². The molecule has 0 aliphatic rings. The summed E-state index contributed by atoms with van der Waals surface area (Å²) in [5.41, 5.74) is 3.99. The maximum atomic E-state index is 13.0. The lowest BCUT2D eigenvalue weighted by atomic mass is 10.1. The van der Waals surface area contributed by atoms with E-state index >= 15 is 0 Å². The average Bonchev–Trinajstić information content (AvgIpc) is 3.27. The highest BCUT2D eigenvalue weighted by atomic mass is 19.4. The van der Waals surface area contributed by atoms with E-state index in [-0.39, 0.29) is 12.5 Å². The first-order valence-electron chi connectivity index (χ1n) is 10.7. The van der Waals surface area contributed by atoms with E-state index in [9.17, 15) is 18.0 Å². The molecule has 0 aliphatic carbocycles. The molecular weight excluding hydrogens is 443 g/mol. The van der Waals surface area contributed by atoms with Crippen LogP contribution < -0.4 is 5.32 Å². The third-order valence-corrected chi connectivity index (χ3v) is 5.46. The topological polar surface area (TPSA) is 64.7 Å². The molecule has 9 heteroatoms. The van der Waals surface area contributed by atoms with Crippen LogP contribution in [0, 0.1) is 20.8 Å². The molecule has 1 amide bonds. The van der Waals surface area contributed by atoms with Crippen molar-refractivity contribution < 1.29 is 18.0 Å². The number of halogens is 3. The minimum absolute atomic E-state index is 0.159. The van der Waals surface area contributed by atoms with Crippen molar-refractivity contribution in [2.75, 3.05) is 5.32 Å². The first-order chi connectivity index (χ1) is 16.1. The van der Waals surface area contributed by atoms with E-state index in [4.69, 9.17) is 0 Å². The third kappa shape index (κ3) is 5.36. The SMILES string of the molecule is Cc1cc(C)n(Cc2ccc(C(=O)Nc3cc(C)n(Cc4cccc(C(F)(F)F)c4)n3)cc2)n1. The second kappa shape index (κ2) is 9.17. The summed E-state index contributed by atoms with van der Waals surface area (Å²) in [5, 5.41) is 11.5. The number of nitrogens with zero attached hydrogens (tertiary/aromatic N) is 4. The maximum absolute atomic E-state index is 13.0. The number of aryl methyl sites for hydroxylation is 3. The van der Waals surface area contributed by atoms with Crippen LogP contribution in [0.15, 0.2) is 60.7 Å². The second-order valence-corrected chi connectivity index (χ2v) is 8.26. The van der Waals surface area contributed by atoms with Gasteiger partial charge in [-0.05, 0) is 62.2 Å². The number of benzene rings is 2. The molecule has 0 unspecified atom stereocenters. The summed E-state index contributed by atoms with van der Waals surface area (Å²) in [6.45, 7) is 6.49. The van der Waals surface area contributed by atoms with Gasteiger partial charge in [0, 0.05) is 23.0 Å². The van der Waals surface area contributed by atoms with Crippen molar-refractivity contribution in [1.29, 1.82) is 0 Å². The summed E-state index contributed by atoms with van der Waals surface area (Å²) in [5.74, 6) is 0.0163. The van der Waals surface area contributed by atoms with Crippen LogP contribution in [-0.4, -0.2) is 25.5 Å². The summed E-state index contributed by atoms with van der Waals surface area (Å²) < 4.78 is 42.4. The Morgan fingerprint density at radius 2 is 1.50 bits per heavy atom. The predicted octanol–water partition coefficient (Wildman–Crippen LogP) is 5.37. The van der Waals surface area contributed by atoms with Crippen LogP contribution in [0.5, 0.6) is 0 Å². The van der Waals surface area contributed by atoms with E-state index in [0.717, 1.165) is 29.1 Å². The van der Waals surface area contributed by atoms with Crippen LogP contribution in [0.1, 0.15) is 44.1 Å². The fraction of sp³-hybridized carbons (Fsp3) is 0.240. The van der Waals surface area contributed by atoms with Gasteiger partial charge in [-0.15, -0.1) is 0 Å². The molecule has 176 valence electrons. The van der Waals surface area contributed by atoms with E-state index in [1.165, 1.54) is 6.07 Å². The summed E-state index contributed by atoms with van der Waals surface area (Å²) in [4.78, 5) is 12.7. The van der Waals surface area contributed by atoms with Gasteiger partial charge < -0.3 is 5.32 Å². The molecule has 0 saturated heterocycles. The van der Waals surface area contributed by atoms with Gasteiger partial charge >= 0.3 is 6.18 Å². The Morgan fingerprint density at radius 3 is 2.15 bits per heavy atom. The van der Waals surface area contributed by atoms with Crippen molar-refractivity contribution in [3.63, 3.8) is 0 Å². The van der Waals surface area contributed by atoms with Gasteiger partial charge in [0.05, 0.1) is 24.3 Å². The largest absolute Gasteiger partial charge is 0.416 e. The molecule has 0 aliphatic heterocycles. The van der Waals surface area contributed by atoms with Crippen molar-refractivity contribution >= 4 is 11.7 Å². The van der Waals surface area contributed by atoms with Crippen LogP contribution in [0.3, 0.4) is 0 Å². The lowest BCUT2D eigenvalue weighted by molar-refractivity contribution is -0.137. The highest BCUT2D eigenvalue weighted by Gasteiger charge is 2.30. The zero-order chi connectivity index (χ0) is 24.5. The van der Waals surface area contributed by atoms with Gasteiger partial charge in [-0.1, -0.05) is 24.3 Å². The molecule has 0 fully saturated rings. The lowest BCUT2D eigenvalue weighted by Gasteiger charge is -2.09. The molecular formula is C25H24F3N5O. The molecule has 1 N–H and O–H groups in total. The fourth-order valence-electron chi connectivity index (χ4n) is 3.71. The molecule has 2 aromatic heterocycles. The molecule has 6 nitrogen and oxygen atoms in total. The Hall–Kier alpha value is -3.88. The first kappa shape index (κ1) is 23.3. The summed E-state index contributed by atoms with van der Waals surface area (Å²) >= 11 is 0. The number of amides is 1. The normalized spacial score (nSPS) is 11.6. The number of anilines is 1. The third-order valence-electron chi connectivity index (χ3n) is 5.46. The summed E-state index contributed by atoms with van der Waals surface area (Å²) in [6.07, 6.45) is -4.40. The number of alkyl halides is 3. The highest BCUT2D eigenvalue weighted by Crippen LogP contribution is 2.29. The van der Waals surface area contributed by atoms with Crippen molar-refractivity contribution in [3.05, 3.63) is 100.0 Å². The number of hydrogen-bond acceptors (Lipinski definition) is 3. The quantitative estimate of drug-likeness (QED) is 0.415. The number of carbonyl (C=O) groups excluding carboxylic acids is 1. The molecule has 2 heterocycles. The maximum Gasteiger partial charge on any atom is 0.416 e. The van der Waals surface area contributed by atoms with Crippen molar-refractivity contribution in [2.24, 2.45) is 0 Å². The molecule has 4 rings (SSSR count). The average molecular weight is 467 g/mol. The van der Waals surface area contributed by atoms with Crippen LogP contribution in [-0.2, 0) is 19.3 Å². The van der Waals surface area contributed by atoms with Gasteiger partial charge in [-0.2, -0.15) is 23.4 Å². The standard InChI is InChI=1S/C25H24F3N5O/c1-16-11-17(2)32(30-16)14-19-7-9-21(10-8-19)24(34)29-23-12-18(3)33(31-23)15-20-5-4-6-22(13-20)25(26,27)28/h4-13H,14-15H2,1-3H3,(H,29,31,34). The molecule has 4 aromatic rings. The van der Waals surface area contributed by atoms with Gasteiger partial charge in [0.25, 0.3) is 5.91 Å². The minimum Gasteiger partial charge on any atom is -0.305 e. The molecule has 0 radical (unpaired) electrons. The minimum atomic E-state index is -4.40. The molecule has 2 aromatic carbocycles. The Balaban J connectivity index is 1.42. The smallest absolute Gasteiger partial charge is 0.305 e. The van der Waals surface area contributed by atoms with E-state index in [1.54, 1.807) is 35.9 Å². The van der Waals surface area contributed by atoms with Gasteiger partial charge in [-0.25, -0.2) is 0 Å². The predicted molar refractivity (Wildman–Crippen MR) is 123 cm³/mol. The van der Waals surface area contributed by atoms with Gasteiger partial charge in [0.15, 0.2) is 5.82 Å². The fourth-order valence-corrected chi connectivity index (χ4v) is 3.71. The second-order valence-electron chi connectivity index (χ2n) is 8.26. The Labute approximate surface area is 195 Å². The van der Waals surface area contributed by atoms with Crippen molar-refractivity contribution in [2.45, 2.75) is 40.0 Å². The summed E-state index contributed by atoms with van der Waals surface area (Å²) in [7, 11) is 0. The molecule has 0 saturated carbocycles. The van der Waals surface area contributed by atoms with Gasteiger partial charge in [0.2, 0.25) is 0 Å². The Morgan fingerprint density at radius 1 is 0.853 bits per heavy atom. The van der Waals surface area contributed by atoms with E-state index in [2.05, 4.69) is 15.5 Å². The lowest BCUT2D eigenvalue weighted by Crippen LogP contribution is -2.13. The van der Waals surface area contributed by atoms with E-state index in [0.29, 0.717) is 29.2 Å². The van der Waals surface area contributed by atoms with Gasteiger partial charge in [0.1, 0.15) is 0 Å². The highest BCUT2D eigenvalue weighted by molar-refractivity contribution is 6.03. The first-order valence-corrected chi connectivity index (χ1v) is 10.7. The molecule has 0 spiro atoms. The van der Waals surface area contributed by atoms with Crippen molar-refractivity contribution in [1.82, 2.24) is 19.6 Å². The van der Waals surface area contributed by atoms with E-state index in [1.807, 2.05) is 36.7 Å². The number of hydrogen-bond donors (Lipinski definition) is 1. The molecule has 34 heavy (non-hydrogen) atoms. The van der Waals surface area contributed by atoms with Gasteiger partial charge in [-0.3, -0.25) is 14.2 Å². The van der Waals surface area contributed by atoms with Crippen LogP contribution in [0.4, 0.5) is 19.0 Å². The number of carbonyl (C=O) groups is 1. The number of nitrogens with one attached hydrogen (secondary N) is 1. The van der Waals surface area contributed by atoms with Crippen LogP contribution >= 0.6 is 0 Å². The van der Waals surface area contributed by atoms with E-state index < -0.39 is 11.7 Å². The Kier molecular flexibility index (Phi) is 6.28. The van der Waals surface area contributed by atoms with Crippen LogP contribution in [0.25, 0.3) is 0 Å². The van der Waals surface area contributed by atoms with Crippen LogP contribution in [0.2, 0.25) is 0 Å². The molecule has 0 atom stereocenters. The molecule has 0 bridgehead atoms. The zero-order valence-corrected chi connectivity index (χ0v) is 19.0.